The molecule has 0 aromatic heterocycles. The smallest absolute Gasteiger partial charge is 0.239 e. The molecule has 5 N–H and O–H groups in total. The standard InChI is InChI=1S/C14H20N4O5S2/c15-25(22,23)11-3-1-10(2-4-11)5-6-16-12(19)7-17-13(20)8-18-14(21)9-24/h1-4,24H,5-9H2,(H,16,19)(H,17,20)(H,18,21)(H2,15,22,23). The maximum absolute atomic E-state index is 11.6. The van der Waals surface area contributed by atoms with Crippen molar-refractivity contribution in [2.45, 2.75) is 11.3 Å². The Labute approximate surface area is 151 Å². The number of sulfonamides is 1. The molecule has 0 saturated heterocycles. The van der Waals surface area contributed by atoms with Gasteiger partial charge in [0.25, 0.3) is 0 Å². The van der Waals surface area contributed by atoms with Crippen LogP contribution in [0.4, 0.5) is 0 Å². The van der Waals surface area contributed by atoms with E-state index in [1.165, 1.54) is 12.1 Å². The maximum Gasteiger partial charge on any atom is 0.239 e. The fraction of sp³-hybridized carbons (Fsp3) is 0.357. The summed E-state index contributed by atoms with van der Waals surface area (Å²) in [6.45, 7) is -0.108. The Kier molecular flexibility index (Phi) is 8.38. The van der Waals surface area contributed by atoms with E-state index in [4.69, 9.17) is 5.14 Å². The minimum absolute atomic E-state index is 0.0213. The molecular weight excluding hydrogens is 368 g/mol. The molecule has 0 bridgehead atoms. The van der Waals surface area contributed by atoms with E-state index in [0.29, 0.717) is 13.0 Å². The third-order valence-electron chi connectivity index (χ3n) is 3.02. The van der Waals surface area contributed by atoms with Crippen LogP contribution in [0.15, 0.2) is 29.2 Å². The number of hydrogen-bond acceptors (Lipinski definition) is 6. The van der Waals surface area contributed by atoms with Crippen molar-refractivity contribution >= 4 is 40.4 Å². The Balaban J connectivity index is 2.26. The van der Waals surface area contributed by atoms with Crippen molar-refractivity contribution in [2.75, 3.05) is 25.4 Å². The normalized spacial score (nSPS) is 10.8. The number of carbonyl (C=O) groups excluding carboxylic acids is 3. The number of primary sulfonamides is 1. The molecule has 1 aromatic carbocycles. The summed E-state index contributed by atoms with van der Waals surface area (Å²) < 4.78 is 22.3. The molecule has 1 rings (SSSR count). The quantitative estimate of drug-likeness (QED) is 0.315. The zero-order valence-corrected chi connectivity index (χ0v) is 15.0. The fourth-order valence-electron chi connectivity index (χ4n) is 1.73. The summed E-state index contributed by atoms with van der Waals surface area (Å²) in [6, 6.07) is 6.01. The van der Waals surface area contributed by atoms with Crippen LogP contribution >= 0.6 is 12.6 Å². The van der Waals surface area contributed by atoms with Gasteiger partial charge in [0.2, 0.25) is 27.7 Å². The van der Waals surface area contributed by atoms with Gasteiger partial charge < -0.3 is 16.0 Å². The first-order valence-corrected chi connectivity index (χ1v) is 9.43. The number of nitrogens with one attached hydrogen (secondary N) is 3. The van der Waals surface area contributed by atoms with E-state index >= 15 is 0 Å². The predicted octanol–water partition coefficient (Wildman–Crippen LogP) is -1.85. The highest BCUT2D eigenvalue weighted by Gasteiger charge is 2.08. The molecule has 0 aliphatic carbocycles. The highest BCUT2D eigenvalue weighted by atomic mass is 32.2. The molecule has 25 heavy (non-hydrogen) atoms. The van der Waals surface area contributed by atoms with E-state index < -0.39 is 15.9 Å². The van der Waals surface area contributed by atoms with Crippen LogP contribution in [-0.4, -0.2) is 51.5 Å². The lowest BCUT2D eigenvalue weighted by Gasteiger charge is -2.08. The number of carbonyl (C=O) groups is 3. The molecule has 0 unspecified atom stereocenters. The van der Waals surface area contributed by atoms with Gasteiger partial charge in [0.05, 0.1) is 23.7 Å². The summed E-state index contributed by atoms with van der Waals surface area (Å²) in [6.07, 6.45) is 0.489. The number of benzene rings is 1. The van der Waals surface area contributed by atoms with Crippen LogP contribution in [0.3, 0.4) is 0 Å². The Morgan fingerprint density at radius 1 is 0.920 bits per heavy atom. The van der Waals surface area contributed by atoms with Crippen LogP contribution < -0.4 is 21.1 Å². The van der Waals surface area contributed by atoms with Crippen molar-refractivity contribution in [1.82, 2.24) is 16.0 Å². The van der Waals surface area contributed by atoms with Crippen LogP contribution in [0.1, 0.15) is 5.56 Å². The lowest BCUT2D eigenvalue weighted by atomic mass is 10.1. The topological polar surface area (TPSA) is 147 Å². The molecule has 0 fully saturated rings. The van der Waals surface area contributed by atoms with Gasteiger partial charge in [-0.05, 0) is 24.1 Å². The van der Waals surface area contributed by atoms with E-state index in [0.717, 1.165) is 5.56 Å². The lowest BCUT2D eigenvalue weighted by Crippen LogP contribution is -2.42. The Bertz CT molecular complexity index is 719. The molecule has 0 aliphatic heterocycles. The van der Waals surface area contributed by atoms with Crippen LogP contribution in [0.25, 0.3) is 0 Å². The molecule has 0 aliphatic rings. The average Bonchev–Trinajstić information content (AvgIpc) is 2.57. The summed E-state index contributed by atoms with van der Waals surface area (Å²) in [4.78, 5) is 33.9. The lowest BCUT2D eigenvalue weighted by molar-refractivity contribution is -0.127. The first kappa shape index (κ1) is 20.9. The second-order valence-corrected chi connectivity index (χ2v) is 6.88. The van der Waals surface area contributed by atoms with Crippen LogP contribution in [0.5, 0.6) is 0 Å². The molecule has 0 atom stereocenters. The van der Waals surface area contributed by atoms with Gasteiger partial charge in [-0.25, -0.2) is 13.6 Å². The fourth-order valence-corrected chi connectivity index (χ4v) is 2.36. The van der Waals surface area contributed by atoms with Gasteiger partial charge in [-0.2, -0.15) is 12.6 Å². The van der Waals surface area contributed by atoms with E-state index in [2.05, 4.69) is 28.6 Å². The summed E-state index contributed by atoms with van der Waals surface area (Å²) in [5.41, 5.74) is 0.825. The largest absolute Gasteiger partial charge is 0.354 e. The number of hydrogen-bond donors (Lipinski definition) is 5. The summed E-state index contributed by atoms with van der Waals surface area (Å²) in [5.74, 6) is -1.26. The molecule has 0 radical (unpaired) electrons. The number of nitrogens with two attached hydrogens (primary N) is 1. The summed E-state index contributed by atoms with van der Waals surface area (Å²) in [7, 11) is -3.72. The number of amides is 3. The Morgan fingerprint density at radius 2 is 1.44 bits per heavy atom. The molecule has 0 spiro atoms. The van der Waals surface area contributed by atoms with Crippen LogP contribution in [0.2, 0.25) is 0 Å². The second-order valence-electron chi connectivity index (χ2n) is 5.00. The Hall–Kier alpha value is -2.11. The van der Waals surface area contributed by atoms with Crippen LogP contribution in [0, 0.1) is 0 Å². The maximum atomic E-state index is 11.6. The molecule has 9 nitrogen and oxygen atoms in total. The van der Waals surface area contributed by atoms with Gasteiger partial charge in [-0.15, -0.1) is 0 Å². The van der Waals surface area contributed by atoms with Gasteiger partial charge in [0.1, 0.15) is 0 Å². The third kappa shape index (κ3) is 8.52. The zero-order valence-electron chi connectivity index (χ0n) is 13.3. The SMILES string of the molecule is NS(=O)(=O)c1ccc(CCNC(=O)CNC(=O)CNC(=O)CS)cc1. The molecule has 1 aromatic rings. The van der Waals surface area contributed by atoms with E-state index in [-0.39, 0.29) is 35.6 Å². The predicted molar refractivity (Wildman–Crippen MR) is 94.4 cm³/mol. The second kappa shape index (κ2) is 10.0. The Morgan fingerprint density at radius 3 is 1.96 bits per heavy atom. The van der Waals surface area contributed by atoms with Crippen LogP contribution in [-0.2, 0) is 30.8 Å². The first-order chi connectivity index (χ1) is 11.7. The van der Waals surface area contributed by atoms with Crippen molar-refractivity contribution in [3.8, 4) is 0 Å². The van der Waals surface area contributed by atoms with Crippen molar-refractivity contribution < 1.29 is 22.8 Å². The average molecular weight is 388 g/mol. The van der Waals surface area contributed by atoms with Crippen molar-refractivity contribution in [1.29, 1.82) is 0 Å². The highest BCUT2D eigenvalue weighted by molar-refractivity contribution is 7.89. The van der Waals surface area contributed by atoms with Crippen molar-refractivity contribution in [3.05, 3.63) is 29.8 Å². The zero-order chi connectivity index (χ0) is 18.9. The third-order valence-corrected chi connectivity index (χ3v) is 4.24. The minimum atomic E-state index is -3.72. The van der Waals surface area contributed by atoms with E-state index in [9.17, 15) is 22.8 Å². The van der Waals surface area contributed by atoms with Gasteiger partial charge in [0, 0.05) is 6.54 Å². The minimum Gasteiger partial charge on any atom is -0.354 e. The number of thiol groups is 1. The summed E-state index contributed by atoms with van der Waals surface area (Å²) in [5, 5.41) is 12.3. The van der Waals surface area contributed by atoms with Gasteiger partial charge in [0.15, 0.2) is 0 Å². The first-order valence-electron chi connectivity index (χ1n) is 7.25. The number of rotatable bonds is 9. The highest BCUT2D eigenvalue weighted by Crippen LogP contribution is 2.08. The monoisotopic (exact) mass is 388 g/mol. The molecular formula is C14H20N4O5S2. The van der Waals surface area contributed by atoms with Crippen molar-refractivity contribution in [3.63, 3.8) is 0 Å². The molecule has 138 valence electrons. The van der Waals surface area contributed by atoms with Gasteiger partial charge in [-0.3, -0.25) is 14.4 Å². The van der Waals surface area contributed by atoms with E-state index in [1.807, 2.05) is 0 Å². The molecule has 0 heterocycles. The molecule has 3 amide bonds. The van der Waals surface area contributed by atoms with Gasteiger partial charge >= 0.3 is 0 Å². The van der Waals surface area contributed by atoms with Gasteiger partial charge in [-0.1, -0.05) is 12.1 Å². The van der Waals surface area contributed by atoms with Crippen molar-refractivity contribution in [2.24, 2.45) is 5.14 Å². The summed E-state index contributed by atoms with van der Waals surface area (Å²) >= 11 is 3.75. The molecule has 11 heteroatoms. The van der Waals surface area contributed by atoms with E-state index in [1.54, 1.807) is 12.1 Å². The molecule has 0 saturated carbocycles.